The van der Waals surface area contributed by atoms with E-state index in [4.69, 9.17) is 4.42 Å². The Balaban J connectivity index is 2.14. The van der Waals surface area contributed by atoms with Gasteiger partial charge in [0, 0.05) is 12.0 Å². The first-order valence-corrected chi connectivity index (χ1v) is 8.14. The molecule has 1 aromatic heterocycles. The summed E-state index contributed by atoms with van der Waals surface area (Å²) in [4.78, 5) is 0. The van der Waals surface area contributed by atoms with E-state index in [1.54, 1.807) is 6.26 Å². The van der Waals surface area contributed by atoms with E-state index < -0.39 is 0 Å². The molecule has 2 atom stereocenters. The van der Waals surface area contributed by atoms with Crippen LogP contribution in [0.1, 0.15) is 58.6 Å². The minimum Gasteiger partial charge on any atom is -0.468 e. The SMILES string of the molecule is CC(C)NCC1CCC(C)(C)CC1c1occc1Br. The van der Waals surface area contributed by atoms with Gasteiger partial charge in [-0.25, -0.2) is 0 Å². The Labute approximate surface area is 125 Å². The van der Waals surface area contributed by atoms with Gasteiger partial charge in [0.15, 0.2) is 0 Å². The third kappa shape index (κ3) is 3.85. The zero-order valence-corrected chi connectivity index (χ0v) is 14.1. The highest BCUT2D eigenvalue weighted by Crippen LogP contribution is 2.48. The van der Waals surface area contributed by atoms with E-state index >= 15 is 0 Å². The maximum atomic E-state index is 5.76. The van der Waals surface area contributed by atoms with Gasteiger partial charge in [-0.15, -0.1) is 0 Å². The molecule has 2 nitrogen and oxygen atoms in total. The number of hydrogen-bond acceptors (Lipinski definition) is 2. The van der Waals surface area contributed by atoms with Crippen LogP contribution in [0, 0.1) is 11.3 Å². The Hall–Kier alpha value is -0.280. The van der Waals surface area contributed by atoms with Crippen LogP contribution in [0.5, 0.6) is 0 Å². The minimum absolute atomic E-state index is 0.422. The van der Waals surface area contributed by atoms with Crippen molar-refractivity contribution >= 4 is 15.9 Å². The zero-order chi connectivity index (χ0) is 14.0. The normalized spacial score (nSPS) is 26.8. The average molecular weight is 328 g/mol. The fraction of sp³-hybridized carbons (Fsp3) is 0.750. The fourth-order valence-electron chi connectivity index (χ4n) is 3.15. The maximum absolute atomic E-state index is 5.76. The summed E-state index contributed by atoms with van der Waals surface area (Å²) >= 11 is 3.63. The second-order valence-corrected chi connectivity index (χ2v) is 7.82. The molecular weight excluding hydrogens is 302 g/mol. The highest BCUT2D eigenvalue weighted by Gasteiger charge is 2.37. The molecule has 1 heterocycles. The topological polar surface area (TPSA) is 25.2 Å². The van der Waals surface area contributed by atoms with Crippen molar-refractivity contribution in [2.24, 2.45) is 11.3 Å². The largest absolute Gasteiger partial charge is 0.468 e. The third-order valence-electron chi connectivity index (χ3n) is 4.30. The molecule has 2 unspecified atom stereocenters. The molecule has 1 aliphatic rings. The molecule has 0 aromatic carbocycles. The predicted molar refractivity (Wildman–Crippen MR) is 83.4 cm³/mol. The van der Waals surface area contributed by atoms with E-state index in [1.807, 2.05) is 6.07 Å². The summed E-state index contributed by atoms with van der Waals surface area (Å²) in [6, 6.07) is 2.57. The first kappa shape index (κ1) is 15.1. The monoisotopic (exact) mass is 327 g/mol. The molecule has 1 aromatic rings. The van der Waals surface area contributed by atoms with Crippen LogP contribution in [0.25, 0.3) is 0 Å². The van der Waals surface area contributed by atoms with Gasteiger partial charge in [0.2, 0.25) is 0 Å². The van der Waals surface area contributed by atoms with Gasteiger partial charge in [0.05, 0.1) is 10.7 Å². The Morgan fingerprint density at radius 3 is 2.79 bits per heavy atom. The summed E-state index contributed by atoms with van der Waals surface area (Å²) in [5, 5.41) is 3.60. The van der Waals surface area contributed by atoms with Crippen LogP contribution in [-0.4, -0.2) is 12.6 Å². The molecule has 0 saturated heterocycles. The van der Waals surface area contributed by atoms with Crippen molar-refractivity contribution < 1.29 is 4.42 Å². The van der Waals surface area contributed by atoms with Crippen LogP contribution in [-0.2, 0) is 0 Å². The van der Waals surface area contributed by atoms with Crippen molar-refractivity contribution in [1.29, 1.82) is 0 Å². The summed E-state index contributed by atoms with van der Waals surface area (Å²) in [6.07, 6.45) is 5.61. The molecule has 1 aliphatic carbocycles. The van der Waals surface area contributed by atoms with E-state index in [2.05, 4.69) is 48.9 Å². The summed E-state index contributed by atoms with van der Waals surface area (Å²) in [7, 11) is 0. The van der Waals surface area contributed by atoms with Crippen LogP contribution >= 0.6 is 15.9 Å². The number of hydrogen-bond donors (Lipinski definition) is 1. The number of rotatable bonds is 4. The van der Waals surface area contributed by atoms with E-state index in [0.717, 1.165) is 16.8 Å². The second kappa shape index (κ2) is 6.01. The molecule has 0 bridgehead atoms. The van der Waals surface area contributed by atoms with Crippen LogP contribution in [0.3, 0.4) is 0 Å². The fourth-order valence-corrected chi connectivity index (χ4v) is 3.64. The molecule has 0 aliphatic heterocycles. The Kier molecular flexibility index (Phi) is 4.78. The lowest BCUT2D eigenvalue weighted by Crippen LogP contribution is -2.37. The van der Waals surface area contributed by atoms with Gasteiger partial charge in [0.25, 0.3) is 0 Å². The summed E-state index contributed by atoms with van der Waals surface area (Å²) in [5.41, 5.74) is 0.422. The summed E-state index contributed by atoms with van der Waals surface area (Å²) in [5.74, 6) is 2.35. The molecule has 1 saturated carbocycles. The van der Waals surface area contributed by atoms with Gasteiger partial charge in [-0.05, 0) is 59.1 Å². The number of furan rings is 1. The van der Waals surface area contributed by atoms with E-state index in [0.29, 0.717) is 23.3 Å². The summed E-state index contributed by atoms with van der Waals surface area (Å²) in [6.45, 7) is 10.3. The molecule has 0 spiro atoms. The zero-order valence-electron chi connectivity index (χ0n) is 12.5. The third-order valence-corrected chi connectivity index (χ3v) is 4.96. The van der Waals surface area contributed by atoms with Crippen molar-refractivity contribution in [2.45, 2.75) is 58.9 Å². The lowest BCUT2D eigenvalue weighted by Gasteiger charge is -2.40. The van der Waals surface area contributed by atoms with E-state index in [1.165, 1.54) is 19.3 Å². The highest BCUT2D eigenvalue weighted by atomic mass is 79.9. The van der Waals surface area contributed by atoms with Crippen molar-refractivity contribution in [1.82, 2.24) is 5.32 Å². The van der Waals surface area contributed by atoms with Crippen molar-refractivity contribution in [3.05, 3.63) is 22.6 Å². The quantitative estimate of drug-likeness (QED) is 0.846. The smallest absolute Gasteiger partial charge is 0.121 e. The lowest BCUT2D eigenvalue weighted by molar-refractivity contribution is 0.144. The molecule has 1 N–H and O–H groups in total. The van der Waals surface area contributed by atoms with Crippen molar-refractivity contribution in [3.8, 4) is 0 Å². The molecule has 0 radical (unpaired) electrons. The van der Waals surface area contributed by atoms with Gasteiger partial charge in [-0.3, -0.25) is 0 Å². The Morgan fingerprint density at radius 2 is 2.21 bits per heavy atom. The van der Waals surface area contributed by atoms with E-state index in [9.17, 15) is 0 Å². The van der Waals surface area contributed by atoms with E-state index in [-0.39, 0.29) is 0 Å². The van der Waals surface area contributed by atoms with Crippen LogP contribution in [0.4, 0.5) is 0 Å². The highest BCUT2D eigenvalue weighted by molar-refractivity contribution is 9.10. The van der Waals surface area contributed by atoms with Crippen LogP contribution in [0.15, 0.2) is 21.2 Å². The molecule has 3 heteroatoms. The Morgan fingerprint density at radius 1 is 1.47 bits per heavy atom. The molecule has 19 heavy (non-hydrogen) atoms. The van der Waals surface area contributed by atoms with Gasteiger partial charge >= 0.3 is 0 Å². The van der Waals surface area contributed by atoms with Gasteiger partial charge < -0.3 is 9.73 Å². The standard InChI is InChI=1S/C16H26BrNO/c1-11(2)18-10-12-5-7-16(3,4)9-13(12)15-14(17)6-8-19-15/h6,8,11-13,18H,5,7,9-10H2,1-4H3. The van der Waals surface area contributed by atoms with Gasteiger partial charge in [0.1, 0.15) is 5.76 Å². The lowest BCUT2D eigenvalue weighted by atomic mass is 9.66. The number of nitrogens with one attached hydrogen (secondary N) is 1. The first-order chi connectivity index (χ1) is 8.89. The molecule has 2 rings (SSSR count). The second-order valence-electron chi connectivity index (χ2n) is 6.97. The van der Waals surface area contributed by atoms with Crippen molar-refractivity contribution in [2.75, 3.05) is 6.54 Å². The molecule has 0 amide bonds. The Bertz CT molecular complexity index is 409. The predicted octanol–water partition coefficient (Wildman–Crippen LogP) is 4.95. The first-order valence-electron chi connectivity index (χ1n) is 7.35. The van der Waals surface area contributed by atoms with Crippen molar-refractivity contribution in [3.63, 3.8) is 0 Å². The molecule has 1 fully saturated rings. The molecule has 108 valence electrons. The summed E-state index contributed by atoms with van der Waals surface area (Å²) < 4.78 is 6.89. The number of halogens is 1. The van der Waals surface area contributed by atoms with Gasteiger partial charge in [-0.1, -0.05) is 27.7 Å². The van der Waals surface area contributed by atoms with Gasteiger partial charge in [-0.2, -0.15) is 0 Å². The van der Waals surface area contributed by atoms with Crippen LogP contribution in [0.2, 0.25) is 0 Å². The van der Waals surface area contributed by atoms with Crippen LogP contribution < -0.4 is 5.32 Å². The minimum atomic E-state index is 0.422. The molecular formula is C16H26BrNO. The maximum Gasteiger partial charge on any atom is 0.121 e. The average Bonchev–Trinajstić information content (AvgIpc) is 2.72.